The van der Waals surface area contributed by atoms with E-state index >= 15 is 0 Å². The number of nitrogens with two attached hydrogens (primary N) is 1. The Morgan fingerprint density at radius 2 is 1.67 bits per heavy atom. The average Bonchev–Trinajstić information content (AvgIpc) is 3.42. The van der Waals surface area contributed by atoms with Crippen molar-refractivity contribution in [1.29, 1.82) is 0 Å². The summed E-state index contributed by atoms with van der Waals surface area (Å²) >= 11 is 0. The van der Waals surface area contributed by atoms with Crippen LogP contribution in [0.3, 0.4) is 0 Å². The summed E-state index contributed by atoms with van der Waals surface area (Å²) < 4.78 is 5.35. The van der Waals surface area contributed by atoms with Gasteiger partial charge in [-0.15, -0.1) is 12.4 Å². The van der Waals surface area contributed by atoms with E-state index in [1.165, 1.54) is 12.3 Å². The lowest BCUT2D eigenvalue weighted by Crippen LogP contribution is -2.41. The Balaban J connectivity index is 0.00000420. The maximum absolute atomic E-state index is 12.7. The number of furan rings is 1. The Bertz CT molecular complexity index is 1470. The fourth-order valence-electron chi connectivity index (χ4n) is 3.79. The number of rotatable bonds is 8. The van der Waals surface area contributed by atoms with E-state index in [2.05, 4.69) is 23.1 Å². The van der Waals surface area contributed by atoms with Gasteiger partial charge in [-0.2, -0.15) is 0 Å². The number of nitro groups is 1. The third kappa shape index (κ3) is 6.72. The predicted molar refractivity (Wildman–Crippen MR) is 147 cm³/mol. The van der Waals surface area contributed by atoms with Crippen LogP contribution in [-0.2, 0) is 6.54 Å². The summed E-state index contributed by atoms with van der Waals surface area (Å²) in [5.74, 6) is -2.14. The maximum Gasteiger partial charge on any atom is 0.311 e. The predicted octanol–water partition coefficient (Wildman–Crippen LogP) is 4.69. The SMILES string of the molecule is CC(Nc1ccc(-c2ccoc2C(=O)NNC(=O)c2ccc(O)c([N+](=O)[O-])c2)cc1)c1ccc(CN)cc1.Cl. The van der Waals surface area contributed by atoms with E-state index in [0.29, 0.717) is 12.1 Å². The summed E-state index contributed by atoms with van der Waals surface area (Å²) in [6.07, 6.45) is 1.36. The Kier molecular flexibility index (Phi) is 9.26. The molecule has 2 amide bonds. The van der Waals surface area contributed by atoms with Gasteiger partial charge in [-0.1, -0.05) is 36.4 Å². The minimum absolute atomic E-state index is 0. The molecule has 39 heavy (non-hydrogen) atoms. The second kappa shape index (κ2) is 12.6. The van der Waals surface area contributed by atoms with Crippen LogP contribution in [0.5, 0.6) is 5.75 Å². The number of benzene rings is 3. The summed E-state index contributed by atoms with van der Waals surface area (Å²) in [5.41, 5.74) is 13.6. The maximum atomic E-state index is 12.7. The molecule has 4 aromatic rings. The van der Waals surface area contributed by atoms with E-state index < -0.39 is 28.2 Å². The van der Waals surface area contributed by atoms with Crippen LogP contribution in [-0.4, -0.2) is 21.8 Å². The first kappa shape index (κ1) is 28.7. The summed E-state index contributed by atoms with van der Waals surface area (Å²) in [6.45, 7) is 2.54. The molecule has 0 aliphatic carbocycles. The van der Waals surface area contributed by atoms with Crippen LogP contribution in [0.15, 0.2) is 83.5 Å². The fraction of sp³-hybridized carbons (Fsp3) is 0.111. The van der Waals surface area contributed by atoms with Crippen molar-refractivity contribution >= 4 is 35.6 Å². The Morgan fingerprint density at radius 3 is 2.31 bits per heavy atom. The molecule has 0 saturated carbocycles. The number of hydrogen-bond donors (Lipinski definition) is 5. The molecule has 12 heteroatoms. The molecule has 0 aliphatic heterocycles. The summed E-state index contributed by atoms with van der Waals surface area (Å²) in [5, 5.41) is 23.9. The van der Waals surface area contributed by atoms with E-state index in [0.717, 1.165) is 34.5 Å². The van der Waals surface area contributed by atoms with Crippen LogP contribution in [0.2, 0.25) is 0 Å². The van der Waals surface area contributed by atoms with Gasteiger partial charge in [-0.05, 0) is 53.9 Å². The third-order valence-electron chi connectivity index (χ3n) is 5.89. The minimum Gasteiger partial charge on any atom is -0.502 e. The second-order valence-corrected chi connectivity index (χ2v) is 8.42. The molecule has 1 unspecified atom stereocenters. The highest BCUT2D eigenvalue weighted by Gasteiger charge is 2.20. The molecule has 1 heterocycles. The molecule has 202 valence electrons. The highest BCUT2D eigenvalue weighted by Crippen LogP contribution is 2.28. The first-order valence-corrected chi connectivity index (χ1v) is 11.6. The van der Waals surface area contributed by atoms with Crippen LogP contribution < -0.4 is 21.9 Å². The van der Waals surface area contributed by atoms with E-state index in [1.807, 2.05) is 48.5 Å². The van der Waals surface area contributed by atoms with Gasteiger partial charge < -0.3 is 20.6 Å². The molecule has 11 nitrogen and oxygen atoms in total. The summed E-state index contributed by atoms with van der Waals surface area (Å²) in [4.78, 5) is 35.2. The van der Waals surface area contributed by atoms with Crippen LogP contribution in [0.4, 0.5) is 11.4 Å². The monoisotopic (exact) mass is 551 g/mol. The Hall–Kier alpha value is -4.87. The molecular weight excluding hydrogens is 526 g/mol. The number of amides is 2. The molecule has 0 spiro atoms. The first-order chi connectivity index (χ1) is 18.3. The average molecular weight is 552 g/mol. The number of nitrogens with one attached hydrogen (secondary N) is 3. The van der Waals surface area contributed by atoms with E-state index in [1.54, 1.807) is 6.07 Å². The second-order valence-electron chi connectivity index (χ2n) is 8.42. The number of carbonyl (C=O) groups is 2. The van der Waals surface area contributed by atoms with Crippen molar-refractivity contribution in [3.63, 3.8) is 0 Å². The number of anilines is 1. The van der Waals surface area contributed by atoms with Gasteiger partial charge in [-0.25, -0.2) is 0 Å². The number of nitro benzene ring substituents is 1. The fourth-order valence-corrected chi connectivity index (χ4v) is 3.79. The van der Waals surface area contributed by atoms with Gasteiger partial charge in [0.05, 0.1) is 11.2 Å². The molecule has 1 atom stereocenters. The van der Waals surface area contributed by atoms with Crippen molar-refractivity contribution in [2.75, 3.05) is 5.32 Å². The zero-order valence-corrected chi connectivity index (χ0v) is 21.5. The van der Waals surface area contributed by atoms with Gasteiger partial charge in [0, 0.05) is 35.5 Å². The van der Waals surface area contributed by atoms with E-state index in [4.69, 9.17) is 10.2 Å². The minimum atomic E-state index is -0.819. The van der Waals surface area contributed by atoms with Gasteiger partial charge in [0.1, 0.15) is 0 Å². The van der Waals surface area contributed by atoms with E-state index in [9.17, 15) is 24.8 Å². The van der Waals surface area contributed by atoms with Crippen molar-refractivity contribution in [3.05, 3.63) is 112 Å². The number of halogens is 1. The summed E-state index contributed by atoms with van der Waals surface area (Å²) in [6, 6.07) is 20.3. The standard InChI is InChI=1S/C27H25N5O6.ClH/c1-16(18-4-2-17(15-28)3-5-18)29-21-9-6-19(7-10-21)22-12-13-38-25(22)27(35)31-30-26(34)20-8-11-24(33)23(14-20)32(36)37;/h2-14,16,29,33H,15,28H2,1H3,(H,30,34)(H,31,35);1H. The Labute approximate surface area is 229 Å². The largest absolute Gasteiger partial charge is 0.502 e. The lowest BCUT2D eigenvalue weighted by atomic mass is 10.0. The highest BCUT2D eigenvalue weighted by atomic mass is 35.5. The first-order valence-electron chi connectivity index (χ1n) is 11.6. The summed E-state index contributed by atoms with van der Waals surface area (Å²) in [7, 11) is 0. The lowest BCUT2D eigenvalue weighted by molar-refractivity contribution is -0.385. The van der Waals surface area contributed by atoms with Crippen molar-refractivity contribution in [3.8, 4) is 16.9 Å². The van der Waals surface area contributed by atoms with Gasteiger partial charge in [-0.3, -0.25) is 30.6 Å². The van der Waals surface area contributed by atoms with Crippen molar-refractivity contribution in [2.45, 2.75) is 19.5 Å². The molecule has 0 saturated heterocycles. The van der Waals surface area contributed by atoms with Gasteiger partial charge in [0.25, 0.3) is 5.91 Å². The lowest BCUT2D eigenvalue weighted by Gasteiger charge is -2.16. The van der Waals surface area contributed by atoms with Crippen molar-refractivity contribution in [2.24, 2.45) is 5.73 Å². The normalized spacial score (nSPS) is 11.1. The molecule has 1 aromatic heterocycles. The third-order valence-corrected chi connectivity index (χ3v) is 5.89. The van der Waals surface area contributed by atoms with Crippen molar-refractivity contribution in [1.82, 2.24) is 10.9 Å². The van der Waals surface area contributed by atoms with Crippen LogP contribution in [0, 0.1) is 10.1 Å². The molecule has 6 N–H and O–H groups in total. The molecule has 4 rings (SSSR count). The number of carbonyl (C=O) groups excluding carboxylic acids is 2. The molecule has 0 bridgehead atoms. The highest BCUT2D eigenvalue weighted by molar-refractivity contribution is 6.01. The zero-order valence-electron chi connectivity index (χ0n) is 20.7. The number of aromatic hydroxyl groups is 1. The number of nitrogens with zero attached hydrogens (tertiary/aromatic N) is 1. The topological polar surface area (TPSA) is 173 Å². The molecule has 3 aromatic carbocycles. The smallest absolute Gasteiger partial charge is 0.311 e. The van der Waals surface area contributed by atoms with Crippen molar-refractivity contribution < 1.29 is 24.0 Å². The number of hydrogen-bond acceptors (Lipinski definition) is 8. The number of hydrazine groups is 1. The molecule has 0 fully saturated rings. The van der Waals surface area contributed by atoms with Crippen LogP contribution in [0.25, 0.3) is 11.1 Å². The molecule has 0 aliphatic rings. The van der Waals surface area contributed by atoms with Gasteiger partial charge in [0.2, 0.25) is 5.76 Å². The van der Waals surface area contributed by atoms with Gasteiger partial charge in [0.15, 0.2) is 5.75 Å². The van der Waals surface area contributed by atoms with E-state index in [-0.39, 0.29) is 29.8 Å². The molecular formula is C27H26ClN5O6. The zero-order chi connectivity index (χ0) is 27.2. The molecule has 0 radical (unpaired) electrons. The van der Waals surface area contributed by atoms with Gasteiger partial charge >= 0.3 is 11.6 Å². The van der Waals surface area contributed by atoms with Crippen LogP contribution >= 0.6 is 12.4 Å². The number of phenols is 1. The van der Waals surface area contributed by atoms with Crippen LogP contribution in [0.1, 0.15) is 45.0 Å². The number of phenolic OH excluding ortho intramolecular Hbond substituents is 1. The quantitative estimate of drug-likeness (QED) is 0.155. The Morgan fingerprint density at radius 1 is 1.00 bits per heavy atom.